The van der Waals surface area contributed by atoms with E-state index in [-0.39, 0.29) is 12.2 Å². The van der Waals surface area contributed by atoms with E-state index in [2.05, 4.69) is 0 Å². The quantitative estimate of drug-likeness (QED) is 0.381. The Morgan fingerprint density at radius 3 is 2.03 bits per heavy atom. The molecule has 0 radical (unpaired) electrons. The summed E-state index contributed by atoms with van der Waals surface area (Å²) < 4.78 is 35.0. The van der Waals surface area contributed by atoms with Gasteiger partial charge in [0.2, 0.25) is 0 Å². The van der Waals surface area contributed by atoms with Gasteiger partial charge in [-0.3, -0.25) is 4.57 Å². The Balaban J connectivity index is 2.29. The number of esters is 1. The van der Waals surface area contributed by atoms with Crippen LogP contribution in [-0.4, -0.2) is 31.9 Å². The lowest BCUT2D eigenvalue weighted by molar-refractivity contribution is 0.0600. The minimum atomic E-state index is -3.41. The predicted molar refractivity (Wildman–Crippen MR) is 118 cm³/mol. The first-order chi connectivity index (χ1) is 14.2. The number of hydrogen-bond acceptors (Lipinski definition) is 6. The number of rotatable bonds is 10. The minimum Gasteiger partial charge on any atom is -0.494 e. The SMILES string of the molecule is CCOc1cc(Cc2ccc(P(=O)(OC(C)C)OC(C)C)cc2)cc(C(=O)OC)c1. The Morgan fingerprint density at radius 1 is 0.933 bits per heavy atom. The zero-order valence-corrected chi connectivity index (χ0v) is 19.4. The molecule has 0 saturated heterocycles. The maximum absolute atomic E-state index is 13.3. The van der Waals surface area contributed by atoms with Crippen LogP contribution in [0, 0.1) is 0 Å². The lowest BCUT2D eigenvalue weighted by Crippen LogP contribution is -2.16. The van der Waals surface area contributed by atoms with Gasteiger partial charge in [-0.1, -0.05) is 12.1 Å². The molecule has 6 nitrogen and oxygen atoms in total. The molecule has 2 aromatic carbocycles. The summed E-state index contributed by atoms with van der Waals surface area (Å²) in [5, 5.41) is 0.520. The standard InChI is InChI=1S/C23H31O6P/c1-7-27-21-14-19(13-20(15-21)23(24)26-6)12-18-8-10-22(11-9-18)30(25,28-16(2)3)29-17(4)5/h8-11,13-17H,7,12H2,1-6H3. The third-order valence-electron chi connectivity index (χ3n) is 4.06. The normalized spacial score (nSPS) is 11.7. The molecule has 7 heteroatoms. The van der Waals surface area contributed by atoms with Crippen molar-refractivity contribution in [1.29, 1.82) is 0 Å². The minimum absolute atomic E-state index is 0.229. The molecule has 0 fully saturated rings. The van der Waals surface area contributed by atoms with Crippen molar-refractivity contribution in [3.8, 4) is 5.75 Å². The summed E-state index contributed by atoms with van der Waals surface area (Å²) in [4.78, 5) is 12.0. The molecule has 0 aliphatic carbocycles. The van der Waals surface area contributed by atoms with Gasteiger partial charge < -0.3 is 18.5 Å². The van der Waals surface area contributed by atoms with Crippen molar-refractivity contribution >= 4 is 18.9 Å². The third kappa shape index (κ3) is 6.69. The summed E-state index contributed by atoms with van der Waals surface area (Å²) in [6.07, 6.45) is 0.116. The average Bonchev–Trinajstić information content (AvgIpc) is 2.66. The largest absolute Gasteiger partial charge is 0.494 e. The van der Waals surface area contributed by atoms with E-state index in [1.807, 2.05) is 52.8 Å². The molecule has 0 aromatic heterocycles. The first-order valence-corrected chi connectivity index (χ1v) is 11.6. The molecular formula is C23H31O6P. The lowest BCUT2D eigenvalue weighted by atomic mass is 10.0. The van der Waals surface area contributed by atoms with Gasteiger partial charge in [0.25, 0.3) is 0 Å². The first kappa shape index (κ1) is 24.1. The molecule has 0 spiro atoms. The van der Waals surface area contributed by atoms with E-state index in [4.69, 9.17) is 18.5 Å². The van der Waals surface area contributed by atoms with Crippen molar-refractivity contribution in [1.82, 2.24) is 0 Å². The Morgan fingerprint density at radius 2 is 1.53 bits per heavy atom. The number of benzene rings is 2. The molecule has 0 atom stereocenters. The maximum atomic E-state index is 13.3. The van der Waals surface area contributed by atoms with Gasteiger partial charge in [-0.25, -0.2) is 4.79 Å². The van der Waals surface area contributed by atoms with Crippen LogP contribution < -0.4 is 10.0 Å². The predicted octanol–water partition coefficient (Wildman–Crippen LogP) is 5.13. The van der Waals surface area contributed by atoms with Gasteiger partial charge in [-0.2, -0.15) is 0 Å². The van der Waals surface area contributed by atoms with Crippen molar-refractivity contribution in [2.45, 2.75) is 53.2 Å². The molecule has 2 rings (SSSR count). The second kappa shape index (κ2) is 10.8. The molecule has 0 amide bonds. The molecule has 0 N–H and O–H groups in total. The fourth-order valence-electron chi connectivity index (χ4n) is 2.98. The van der Waals surface area contributed by atoms with Gasteiger partial charge in [0.1, 0.15) is 5.75 Å². The van der Waals surface area contributed by atoms with Gasteiger partial charge >= 0.3 is 13.6 Å². The molecular weight excluding hydrogens is 403 g/mol. The Kier molecular flexibility index (Phi) is 8.65. The zero-order chi connectivity index (χ0) is 22.3. The van der Waals surface area contributed by atoms with Crippen LogP contribution in [0.25, 0.3) is 0 Å². The van der Waals surface area contributed by atoms with Crippen molar-refractivity contribution in [2.75, 3.05) is 13.7 Å². The Hall–Kier alpha value is -2.14. The van der Waals surface area contributed by atoms with Crippen LogP contribution in [0.15, 0.2) is 42.5 Å². The number of carbonyl (C=O) groups is 1. The van der Waals surface area contributed by atoms with Gasteiger partial charge in [0.15, 0.2) is 0 Å². The molecule has 0 aliphatic heterocycles. The number of ether oxygens (including phenoxy) is 2. The molecule has 164 valence electrons. The van der Waals surface area contributed by atoms with Gasteiger partial charge in [0, 0.05) is 0 Å². The van der Waals surface area contributed by atoms with Crippen LogP contribution >= 0.6 is 7.60 Å². The summed E-state index contributed by atoms with van der Waals surface area (Å²) in [6.45, 7) is 9.70. The summed E-state index contributed by atoms with van der Waals surface area (Å²) in [5.41, 5.74) is 2.34. The van der Waals surface area contributed by atoms with Crippen molar-refractivity contribution in [3.05, 3.63) is 59.2 Å². The smallest absolute Gasteiger partial charge is 0.361 e. The summed E-state index contributed by atoms with van der Waals surface area (Å²) in [5.74, 6) is 0.206. The van der Waals surface area contributed by atoms with E-state index in [1.54, 1.807) is 24.3 Å². The fourth-order valence-corrected chi connectivity index (χ4v) is 4.90. The molecule has 30 heavy (non-hydrogen) atoms. The van der Waals surface area contributed by atoms with Crippen LogP contribution in [0.3, 0.4) is 0 Å². The van der Waals surface area contributed by atoms with E-state index in [0.29, 0.717) is 29.6 Å². The lowest BCUT2D eigenvalue weighted by Gasteiger charge is -2.23. The third-order valence-corrected chi connectivity index (χ3v) is 6.39. The molecule has 0 aliphatic rings. The number of hydrogen-bond donors (Lipinski definition) is 0. The highest BCUT2D eigenvalue weighted by Gasteiger charge is 2.30. The molecule has 2 aromatic rings. The molecule has 0 unspecified atom stereocenters. The van der Waals surface area contributed by atoms with E-state index < -0.39 is 13.6 Å². The zero-order valence-electron chi connectivity index (χ0n) is 18.5. The van der Waals surface area contributed by atoms with Crippen molar-refractivity contribution in [3.63, 3.8) is 0 Å². The maximum Gasteiger partial charge on any atom is 0.361 e. The number of carbonyl (C=O) groups excluding carboxylic acids is 1. The summed E-state index contributed by atoms with van der Waals surface area (Å²) in [7, 11) is -2.06. The number of methoxy groups -OCH3 is 1. The van der Waals surface area contributed by atoms with E-state index >= 15 is 0 Å². The second-order valence-electron chi connectivity index (χ2n) is 7.44. The van der Waals surface area contributed by atoms with Gasteiger partial charge in [-0.15, -0.1) is 0 Å². The Bertz CT molecular complexity index is 875. The van der Waals surface area contributed by atoms with E-state index in [9.17, 15) is 9.36 Å². The second-order valence-corrected chi connectivity index (χ2v) is 9.37. The molecule has 0 heterocycles. The molecule has 0 saturated carbocycles. The van der Waals surface area contributed by atoms with Crippen molar-refractivity contribution in [2.24, 2.45) is 0 Å². The highest BCUT2D eigenvalue weighted by Crippen LogP contribution is 2.49. The van der Waals surface area contributed by atoms with Gasteiger partial charge in [-0.05, 0) is 82.5 Å². The van der Waals surface area contributed by atoms with Crippen LogP contribution in [0.1, 0.15) is 56.1 Å². The average molecular weight is 434 g/mol. The Labute approximate surface area is 179 Å². The van der Waals surface area contributed by atoms with Crippen molar-refractivity contribution < 1.29 is 27.9 Å². The summed E-state index contributed by atoms with van der Waals surface area (Å²) >= 11 is 0. The van der Waals surface area contributed by atoms with E-state index in [1.165, 1.54) is 7.11 Å². The van der Waals surface area contributed by atoms with Crippen LogP contribution in [0.5, 0.6) is 5.75 Å². The van der Waals surface area contributed by atoms with Crippen LogP contribution in [0.4, 0.5) is 0 Å². The van der Waals surface area contributed by atoms with Crippen LogP contribution in [0.2, 0.25) is 0 Å². The summed E-state index contributed by atoms with van der Waals surface area (Å²) in [6, 6.07) is 12.7. The fraction of sp³-hybridized carbons (Fsp3) is 0.435. The topological polar surface area (TPSA) is 71.1 Å². The highest BCUT2D eigenvalue weighted by molar-refractivity contribution is 7.62. The van der Waals surface area contributed by atoms with E-state index in [0.717, 1.165) is 11.1 Å². The van der Waals surface area contributed by atoms with Gasteiger partial charge in [0.05, 0.1) is 36.8 Å². The monoisotopic (exact) mass is 434 g/mol. The van der Waals surface area contributed by atoms with Crippen LogP contribution in [-0.2, 0) is 24.8 Å². The first-order valence-electron chi connectivity index (χ1n) is 10.1. The molecule has 0 bridgehead atoms. The highest BCUT2D eigenvalue weighted by atomic mass is 31.2.